The molecule has 1 aliphatic heterocycles. The Balaban J connectivity index is 2.45. The van der Waals surface area contributed by atoms with E-state index in [4.69, 9.17) is 7.26 Å². The molecular formula is C6H8N2O2. The second-order valence-corrected chi connectivity index (χ2v) is 2.14. The van der Waals surface area contributed by atoms with E-state index in [-0.39, 0.29) is 18.5 Å². The van der Waals surface area contributed by atoms with Crippen LogP contribution in [-0.4, -0.2) is 11.7 Å². The third kappa shape index (κ3) is 0.690. The lowest BCUT2D eigenvalue weighted by Gasteiger charge is -2.07. The summed E-state index contributed by atoms with van der Waals surface area (Å²) in [4.78, 5) is 11.0. The molecule has 0 bridgehead atoms. The third-order valence-corrected chi connectivity index (χ3v) is 1.52. The SMILES string of the molecule is [2H]C1([2H])Cc2c(o[nH]c2=O)CN1. The van der Waals surface area contributed by atoms with Gasteiger partial charge in [0.1, 0.15) is 0 Å². The lowest BCUT2D eigenvalue weighted by molar-refractivity contribution is 0.362. The molecule has 0 saturated heterocycles. The Morgan fingerprint density at radius 1 is 1.70 bits per heavy atom. The third-order valence-electron chi connectivity index (χ3n) is 1.52. The van der Waals surface area contributed by atoms with Crippen LogP contribution in [0.5, 0.6) is 0 Å². The minimum absolute atomic E-state index is 0.0637. The number of rotatable bonds is 0. The molecule has 54 valence electrons. The molecular weight excluding hydrogens is 132 g/mol. The van der Waals surface area contributed by atoms with Crippen molar-refractivity contribution in [1.29, 1.82) is 0 Å². The number of hydrogen-bond donors (Lipinski definition) is 2. The van der Waals surface area contributed by atoms with Crippen molar-refractivity contribution < 1.29 is 7.26 Å². The summed E-state index contributed by atoms with van der Waals surface area (Å²) in [5, 5.41) is 4.79. The monoisotopic (exact) mass is 142 g/mol. The highest BCUT2D eigenvalue weighted by Crippen LogP contribution is 2.06. The van der Waals surface area contributed by atoms with E-state index in [9.17, 15) is 4.79 Å². The topological polar surface area (TPSA) is 58.0 Å². The first-order chi connectivity index (χ1) is 5.58. The maximum Gasteiger partial charge on any atom is 0.283 e. The van der Waals surface area contributed by atoms with Crippen molar-refractivity contribution in [2.24, 2.45) is 0 Å². The van der Waals surface area contributed by atoms with Gasteiger partial charge in [0.15, 0.2) is 5.76 Å². The molecule has 2 rings (SSSR count). The number of aromatic amines is 1. The van der Waals surface area contributed by atoms with E-state index in [1.165, 1.54) is 0 Å². The van der Waals surface area contributed by atoms with Gasteiger partial charge in [0.2, 0.25) is 0 Å². The number of fused-ring (bicyclic) bond motifs is 1. The smallest absolute Gasteiger partial charge is 0.283 e. The number of nitrogens with one attached hydrogen (secondary N) is 2. The number of hydrogen-bond acceptors (Lipinski definition) is 3. The summed E-state index contributed by atoms with van der Waals surface area (Å²) in [5.74, 6) is 0.509. The zero-order valence-electron chi connectivity index (χ0n) is 7.23. The Bertz CT molecular complexity index is 355. The van der Waals surface area contributed by atoms with Crippen molar-refractivity contribution >= 4 is 0 Å². The molecule has 4 nitrogen and oxygen atoms in total. The van der Waals surface area contributed by atoms with Gasteiger partial charge in [0.05, 0.1) is 12.1 Å². The first-order valence-electron chi connectivity index (χ1n) is 4.03. The average molecular weight is 142 g/mol. The van der Waals surface area contributed by atoms with E-state index in [2.05, 4.69) is 10.5 Å². The van der Waals surface area contributed by atoms with Gasteiger partial charge < -0.3 is 9.84 Å². The molecule has 0 fully saturated rings. The number of H-pyrrole nitrogens is 1. The summed E-state index contributed by atoms with van der Waals surface area (Å²) in [6.45, 7) is -1.23. The second-order valence-electron chi connectivity index (χ2n) is 2.14. The maximum atomic E-state index is 11.0. The van der Waals surface area contributed by atoms with Crippen molar-refractivity contribution in [1.82, 2.24) is 10.5 Å². The van der Waals surface area contributed by atoms with Crippen LogP contribution in [0.15, 0.2) is 9.32 Å². The fourth-order valence-corrected chi connectivity index (χ4v) is 0.973. The molecule has 0 unspecified atom stereocenters. The summed E-state index contributed by atoms with van der Waals surface area (Å²) in [6, 6.07) is 0. The van der Waals surface area contributed by atoms with Crippen LogP contribution in [-0.2, 0) is 13.0 Å². The zero-order valence-corrected chi connectivity index (χ0v) is 5.23. The van der Waals surface area contributed by atoms with Crippen LogP contribution in [0, 0.1) is 0 Å². The zero-order chi connectivity index (χ0) is 8.77. The Hall–Kier alpha value is -1.03. The normalized spacial score (nSPS) is 24.8. The molecule has 0 radical (unpaired) electrons. The predicted molar refractivity (Wildman–Crippen MR) is 34.7 cm³/mol. The molecule has 0 saturated carbocycles. The van der Waals surface area contributed by atoms with Gasteiger partial charge in [0.25, 0.3) is 5.56 Å². The average Bonchev–Trinajstić information content (AvgIpc) is 2.31. The highest BCUT2D eigenvalue weighted by Gasteiger charge is 2.15. The fraction of sp³-hybridized carbons (Fsp3) is 0.500. The summed E-state index contributed by atoms with van der Waals surface area (Å²) < 4.78 is 19.5. The molecule has 4 heteroatoms. The Kier molecular flexibility index (Phi) is 0.789. The standard InChI is InChI=1S/C6H8N2O2/c9-6-4-1-2-7-3-5(4)10-8-6/h7H,1-3H2,(H,8,9)/i2D2. The highest BCUT2D eigenvalue weighted by molar-refractivity contribution is 5.16. The maximum absolute atomic E-state index is 11.0. The van der Waals surface area contributed by atoms with Crippen LogP contribution in [0.3, 0.4) is 0 Å². The molecule has 0 spiro atoms. The van der Waals surface area contributed by atoms with Gasteiger partial charge in [-0.15, -0.1) is 0 Å². The Morgan fingerprint density at radius 2 is 2.60 bits per heavy atom. The molecule has 1 aromatic heterocycles. The first-order valence-corrected chi connectivity index (χ1v) is 3.03. The number of aromatic nitrogens is 1. The van der Waals surface area contributed by atoms with Gasteiger partial charge in [-0.3, -0.25) is 4.79 Å². The van der Waals surface area contributed by atoms with Gasteiger partial charge >= 0.3 is 0 Å². The van der Waals surface area contributed by atoms with Crippen molar-refractivity contribution in [3.63, 3.8) is 0 Å². The molecule has 1 aromatic rings. The molecule has 0 aliphatic carbocycles. The highest BCUT2D eigenvalue weighted by atomic mass is 16.5. The van der Waals surface area contributed by atoms with Gasteiger partial charge in [-0.25, -0.2) is 0 Å². The van der Waals surface area contributed by atoms with Gasteiger partial charge in [-0.1, -0.05) is 0 Å². The molecule has 0 atom stereocenters. The Morgan fingerprint density at radius 3 is 3.50 bits per heavy atom. The molecule has 0 amide bonds. The van der Waals surface area contributed by atoms with E-state index in [1.54, 1.807) is 0 Å². The van der Waals surface area contributed by atoms with E-state index in [0.29, 0.717) is 11.3 Å². The van der Waals surface area contributed by atoms with Gasteiger partial charge in [-0.05, 0) is 12.9 Å². The van der Waals surface area contributed by atoms with E-state index >= 15 is 0 Å². The molecule has 2 heterocycles. The van der Waals surface area contributed by atoms with Crippen LogP contribution in [0.25, 0.3) is 0 Å². The van der Waals surface area contributed by atoms with Gasteiger partial charge in [-0.2, -0.15) is 5.16 Å². The fourth-order valence-electron chi connectivity index (χ4n) is 0.973. The summed E-state index contributed by atoms with van der Waals surface area (Å²) in [6.07, 6.45) is 0.0637. The van der Waals surface area contributed by atoms with Crippen LogP contribution >= 0.6 is 0 Å². The van der Waals surface area contributed by atoms with Crippen molar-refractivity contribution in [2.45, 2.75) is 13.0 Å². The van der Waals surface area contributed by atoms with E-state index in [1.807, 2.05) is 0 Å². The summed E-state index contributed by atoms with van der Waals surface area (Å²) >= 11 is 0. The van der Waals surface area contributed by atoms with Crippen LogP contribution in [0.4, 0.5) is 0 Å². The first kappa shape index (κ1) is 3.98. The minimum Gasteiger partial charge on any atom is -0.382 e. The van der Waals surface area contributed by atoms with Crippen molar-refractivity contribution in [2.75, 3.05) is 6.50 Å². The van der Waals surface area contributed by atoms with Crippen LogP contribution in [0.1, 0.15) is 14.1 Å². The van der Waals surface area contributed by atoms with Crippen LogP contribution in [0.2, 0.25) is 0 Å². The van der Waals surface area contributed by atoms with Gasteiger partial charge in [0, 0.05) is 2.74 Å². The molecule has 2 N–H and O–H groups in total. The van der Waals surface area contributed by atoms with E-state index < -0.39 is 6.50 Å². The lowest BCUT2D eigenvalue weighted by Crippen LogP contribution is -2.25. The predicted octanol–water partition coefficient (Wildman–Crippen LogP) is -0.386. The second kappa shape index (κ2) is 1.98. The van der Waals surface area contributed by atoms with Crippen LogP contribution < -0.4 is 10.9 Å². The molecule has 1 aliphatic rings. The Labute approximate surface area is 60.0 Å². The molecule has 0 aromatic carbocycles. The summed E-state index contributed by atoms with van der Waals surface area (Å²) in [7, 11) is 0. The van der Waals surface area contributed by atoms with E-state index in [0.717, 1.165) is 0 Å². The largest absolute Gasteiger partial charge is 0.382 e. The molecule has 10 heavy (non-hydrogen) atoms. The van der Waals surface area contributed by atoms with Crippen molar-refractivity contribution in [3.05, 3.63) is 21.7 Å². The quantitative estimate of drug-likeness (QED) is 0.519. The minimum atomic E-state index is -1.50. The van der Waals surface area contributed by atoms with Crippen molar-refractivity contribution in [3.8, 4) is 0 Å². The lowest BCUT2D eigenvalue weighted by atomic mass is 10.1. The summed E-state index contributed by atoms with van der Waals surface area (Å²) in [5.41, 5.74) is 0.0918.